The van der Waals surface area contributed by atoms with Gasteiger partial charge in [-0.25, -0.2) is 0 Å². The predicted molar refractivity (Wildman–Crippen MR) is 66.0 cm³/mol. The molecule has 0 aliphatic carbocycles. The van der Waals surface area contributed by atoms with Crippen LogP contribution in [0.15, 0.2) is 54.6 Å². The van der Waals surface area contributed by atoms with E-state index in [0.29, 0.717) is 12.0 Å². The zero-order valence-corrected chi connectivity index (χ0v) is 8.94. The quantitative estimate of drug-likeness (QED) is 0.778. The molecular formula is C14H13NO. The van der Waals surface area contributed by atoms with E-state index in [0.717, 1.165) is 16.3 Å². The number of fused-ring (bicyclic) bond motifs is 1. The first-order chi connectivity index (χ1) is 7.68. The number of amides is 1. The standard InChI is InChI=1S/C14H13NO/c1-10(14(15)16)9-12-7-4-6-11-5-2-3-8-13(11)12/h2-8H,1,9H2,(H2,15,16). The highest BCUT2D eigenvalue weighted by Gasteiger charge is 2.05. The maximum Gasteiger partial charge on any atom is 0.244 e. The van der Waals surface area contributed by atoms with Crippen LogP contribution in [0.1, 0.15) is 5.56 Å². The summed E-state index contributed by atoms with van der Waals surface area (Å²) in [6.07, 6.45) is 0.511. The fourth-order valence-electron chi connectivity index (χ4n) is 1.76. The first-order valence-electron chi connectivity index (χ1n) is 5.12. The number of hydrogen-bond acceptors (Lipinski definition) is 1. The van der Waals surface area contributed by atoms with E-state index >= 15 is 0 Å². The van der Waals surface area contributed by atoms with Crippen LogP contribution in [0.2, 0.25) is 0 Å². The van der Waals surface area contributed by atoms with E-state index < -0.39 is 5.91 Å². The van der Waals surface area contributed by atoms with E-state index in [2.05, 4.69) is 6.58 Å². The molecule has 0 unspecified atom stereocenters. The lowest BCUT2D eigenvalue weighted by molar-refractivity contribution is -0.114. The number of nitrogens with two attached hydrogens (primary N) is 1. The fourth-order valence-corrected chi connectivity index (χ4v) is 1.76. The van der Waals surface area contributed by atoms with Crippen molar-refractivity contribution in [3.05, 3.63) is 60.2 Å². The second-order valence-electron chi connectivity index (χ2n) is 3.78. The minimum atomic E-state index is -0.437. The van der Waals surface area contributed by atoms with E-state index in [1.165, 1.54) is 0 Å². The number of benzene rings is 2. The fraction of sp³-hybridized carbons (Fsp3) is 0.0714. The summed E-state index contributed by atoms with van der Waals surface area (Å²) in [6, 6.07) is 14.1. The third kappa shape index (κ3) is 1.96. The lowest BCUT2D eigenvalue weighted by atomic mass is 9.99. The molecule has 2 aromatic carbocycles. The van der Waals surface area contributed by atoms with Gasteiger partial charge in [-0.05, 0) is 16.3 Å². The lowest BCUT2D eigenvalue weighted by Gasteiger charge is -2.06. The first kappa shape index (κ1) is 10.4. The van der Waals surface area contributed by atoms with Crippen LogP contribution in [0, 0.1) is 0 Å². The predicted octanol–water partition coefficient (Wildman–Crippen LogP) is 2.42. The van der Waals surface area contributed by atoms with Crippen LogP contribution >= 0.6 is 0 Å². The Labute approximate surface area is 94.4 Å². The van der Waals surface area contributed by atoms with Gasteiger partial charge in [-0.15, -0.1) is 0 Å². The minimum Gasteiger partial charge on any atom is -0.366 e. The average molecular weight is 211 g/mol. The van der Waals surface area contributed by atoms with Gasteiger partial charge in [0.2, 0.25) is 5.91 Å². The highest BCUT2D eigenvalue weighted by molar-refractivity contribution is 5.93. The molecule has 1 amide bonds. The monoisotopic (exact) mass is 211 g/mol. The van der Waals surface area contributed by atoms with Gasteiger partial charge in [-0.1, -0.05) is 49.0 Å². The average Bonchev–Trinajstić information content (AvgIpc) is 2.29. The van der Waals surface area contributed by atoms with E-state index in [4.69, 9.17) is 5.73 Å². The third-order valence-electron chi connectivity index (χ3n) is 2.63. The SMILES string of the molecule is C=C(Cc1cccc2ccccc12)C(N)=O. The van der Waals surface area contributed by atoms with Crippen molar-refractivity contribution in [2.24, 2.45) is 5.73 Å². The molecule has 0 saturated heterocycles. The molecule has 0 heterocycles. The van der Waals surface area contributed by atoms with Gasteiger partial charge in [0.25, 0.3) is 0 Å². The van der Waals surface area contributed by atoms with Gasteiger partial charge in [0.05, 0.1) is 0 Å². The molecule has 2 aromatic rings. The molecule has 0 bridgehead atoms. The summed E-state index contributed by atoms with van der Waals surface area (Å²) in [5, 5.41) is 2.31. The Morgan fingerprint density at radius 1 is 1.12 bits per heavy atom. The second kappa shape index (κ2) is 4.19. The van der Waals surface area contributed by atoms with Crippen molar-refractivity contribution in [1.29, 1.82) is 0 Å². The molecule has 0 aromatic heterocycles. The van der Waals surface area contributed by atoms with Gasteiger partial charge in [0, 0.05) is 12.0 Å². The van der Waals surface area contributed by atoms with Crippen molar-refractivity contribution in [3.63, 3.8) is 0 Å². The third-order valence-corrected chi connectivity index (χ3v) is 2.63. The van der Waals surface area contributed by atoms with Gasteiger partial charge in [0.1, 0.15) is 0 Å². The Balaban J connectivity index is 2.45. The summed E-state index contributed by atoms with van der Waals surface area (Å²) in [5.41, 5.74) is 6.72. The Morgan fingerprint density at radius 2 is 1.81 bits per heavy atom. The van der Waals surface area contributed by atoms with Gasteiger partial charge in [-0.2, -0.15) is 0 Å². The highest BCUT2D eigenvalue weighted by atomic mass is 16.1. The van der Waals surface area contributed by atoms with E-state index in [-0.39, 0.29) is 0 Å². The maximum atomic E-state index is 11.0. The second-order valence-corrected chi connectivity index (χ2v) is 3.78. The molecule has 2 heteroatoms. The molecule has 0 aliphatic heterocycles. The van der Waals surface area contributed by atoms with Crippen LogP contribution < -0.4 is 5.73 Å². The molecule has 80 valence electrons. The zero-order valence-electron chi connectivity index (χ0n) is 8.94. The molecule has 0 fully saturated rings. The van der Waals surface area contributed by atoms with Crippen LogP contribution in [-0.4, -0.2) is 5.91 Å². The highest BCUT2D eigenvalue weighted by Crippen LogP contribution is 2.20. The van der Waals surface area contributed by atoms with Gasteiger partial charge < -0.3 is 5.73 Å². The van der Waals surface area contributed by atoms with Crippen LogP contribution in [-0.2, 0) is 11.2 Å². The summed E-state index contributed by atoms with van der Waals surface area (Å²) in [5.74, 6) is -0.437. The van der Waals surface area contributed by atoms with Crippen LogP contribution in [0.5, 0.6) is 0 Å². The Kier molecular flexibility index (Phi) is 2.73. The van der Waals surface area contributed by atoms with Crippen molar-refractivity contribution in [2.45, 2.75) is 6.42 Å². The van der Waals surface area contributed by atoms with Crippen molar-refractivity contribution in [3.8, 4) is 0 Å². The number of hydrogen-bond donors (Lipinski definition) is 1. The zero-order chi connectivity index (χ0) is 11.5. The Hall–Kier alpha value is -2.09. The number of carbonyl (C=O) groups excluding carboxylic acids is 1. The first-order valence-corrected chi connectivity index (χ1v) is 5.12. The van der Waals surface area contributed by atoms with Gasteiger partial charge >= 0.3 is 0 Å². The molecule has 16 heavy (non-hydrogen) atoms. The molecule has 2 rings (SSSR count). The van der Waals surface area contributed by atoms with E-state index in [1.807, 2.05) is 42.5 Å². The van der Waals surface area contributed by atoms with Crippen LogP contribution in [0.25, 0.3) is 10.8 Å². The number of carbonyl (C=O) groups is 1. The minimum absolute atomic E-state index is 0.437. The van der Waals surface area contributed by atoms with Gasteiger partial charge in [0.15, 0.2) is 0 Å². The summed E-state index contributed by atoms with van der Waals surface area (Å²) in [4.78, 5) is 11.0. The van der Waals surface area contributed by atoms with Crippen LogP contribution in [0.4, 0.5) is 0 Å². The van der Waals surface area contributed by atoms with Crippen molar-refractivity contribution in [2.75, 3.05) is 0 Å². The molecule has 0 atom stereocenters. The molecular weight excluding hydrogens is 198 g/mol. The van der Waals surface area contributed by atoms with Gasteiger partial charge in [-0.3, -0.25) is 4.79 Å². The van der Waals surface area contributed by atoms with Crippen molar-refractivity contribution in [1.82, 2.24) is 0 Å². The normalized spacial score (nSPS) is 10.2. The molecule has 2 N–H and O–H groups in total. The molecule has 0 spiro atoms. The summed E-state index contributed by atoms with van der Waals surface area (Å²) in [6.45, 7) is 3.68. The van der Waals surface area contributed by atoms with Crippen LogP contribution in [0.3, 0.4) is 0 Å². The summed E-state index contributed by atoms with van der Waals surface area (Å²) in [7, 11) is 0. The largest absolute Gasteiger partial charge is 0.366 e. The maximum absolute atomic E-state index is 11.0. The van der Waals surface area contributed by atoms with Crippen molar-refractivity contribution < 1.29 is 4.79 Å². The Morgan fingerprint density at radius 3 is 2.56 bits per heavy atom. The van der Waals surface area contributed by atoms with E-state index in [9.17, 15) is 4.79 Å². The lowest BCUT2D eigenvalue weighted by Crippen LogP contribution is -2.14. The molecule has 2 nitrogen and oxygen atoms in total. The number of primary amides is 1. The summed E-state index contributed by atoms with van der Waals surface area (Å²) < 4.78 is 0. The topological polar surface area (TPSA) is 43.1 Å². The van der Waals surface area contributed by atoms with Crippen molar-refractivity contribution >= 4 is 16.7 Å². The number of rotatable bonds is 3. The molecule has 0 saturated carbocycles. The Bertz CT molecular complexity index is 552. The molecule has 0 radical (unpaired) electrons. The summed E-state index contributed by atoms with van der Waals surface area (Å²) >= 11 is 0. The smallest absolute Gasteiger partial charge is 0.244 e. The van der Waals surface area contributed by atoms with E-state index in [1.54, 1.807) is 0 Å². The molecule has 0 aliphatic rings.